The quantitative estimate of drug-likeness (QED) is 0.823. The summed E-state index contributed by atoms with van der Waals surface area (Å²) in [6, 6.07) is 15.7. The number of nitrogens with zero attached hydrogens (tertiary/aromatic N) is 1. The van der Waals surface area contributed by atoms with Gasteiger partial charge in [0, 0.05) is 19.6 Å². The normalized spacial score (nSPS) is 18.9. The van der Waals surface area contributed by atoms with Crippen LogP contribution in [0.3, 0.4) is 0 Å². The number of hydrogen-bond donors (Lipinski definition) is 2. The molecular weight excluding hydrogens is 334 g/mol. The molecule has 0 spiro atoms. The second-order valence-electron chi connectivity index (χ2n) is 7.91. The summed E-state index contributed by atoms with van der Waals surface area (Å²) in [5.41, 5.74) is 10.5. The number of carbonyl (C=O) groups excluding carboxylic acids is 1. The highest BCUT2D eigenvalue weighted by Crippen LogP contribution is 2.18. The molecule has 1 heterocycles. The van der Waals surface area contributed by atoms with Crippen LogP contribution in [-0.4, -0.2) is 23.9 Å². The van der Waals surface area contributed by atoms with E-state index in [1.54, 1.807) is 0 Å². The molecule has 0 bridgehead atoms. The first-order valence-corrected chi connectivity index (χ1v) is 9.91. The fraction of sp³-hybridized carbons (Fsp3) is 0.435. The molecule has 1 aliphatic rings. The molecule has 1 fully saturated rings. The van der Waals surface area contributed by atoms with E-state index < -0.39 is 6.04 Å². The number of piperidine rings is 1. The molecule has 4 nitrogen and oxygen atoms in total. The average molecular weight is 366 g/mol. The van der Waals surface area contributed by atoms with Crippen LogP contribution in [0, 0.1) is 12.8 Å². The van der Waals surface area contributed by atoms with E-state index in [1.807, 2.05) is 31.2 Å². The SMILES string of the molecule is Cc1ccc(C(N)C(=O)NCc2ccc(CN3CCCC(C)C3)cc2)cc1. The first-order chi connectivity index (χ1) is 13.0. The van der Waals surface area contributed by atoms with Gasteiger partial charge in [-0.15, -0.1) is 0 Å². The topological polar surface area (TPSA) is 58.4 Å². The maximum atomic E-state index is 12.3. The van der Waals surface area contributed by atoms with Crippen molar-refractivity contribution in [2.75, 3.05) is 13.1 Å². The van der Waals surface area contributed by atoms with Crippen LogP contribution in [0.5, 0.6) is 0 Å². The van der Waals surface area contributed by atoms with Crippen LogP contribution in [0.15, 0.2) is 48.5 Å². The molecule has 27 heavy (non-hydrogen) atoms. The lowest BCUT2D eigenvalue weighted by Gasteiger charge is -2.30. The van der Waals surface area contributed by atoms with Gasteiger partial charge in [-0.2, -0.15) is 0 Å². The number of likely N-dealkylation sites (tertiary alicyclic amines) is 1. The zero-order chi connectivity index (χ0) is 19.2. The minimum absolute atomic E-state index is 0.148. The summed E-state index contributed by atoms with van der Waals surface area (Å²) in [7, 11) is 0. The van der Waals surface area contributed by atoms with Gasteiger partial charge in [0.05, 0.1) is 0 Å². The zero-order valence-electron chi connectivity index (χ0n) is 16.4. The molecule has 0 saturated carbocycles. The Bertz CT molecular complexity index is 739. The molecule has 0 aromatic heterocycles. The minimum atomic E-state index is -0.633. The van der Waals surface area contributed by atoms with Crippen molar-refractivity contribution in [1.29, 1.82) is 0 Å². The lowest BCUT2D eigenvalue weighted by atomic mass is 9.99. The lowest BCUT2D eigenvalue weighted by molar-refractivity contribution is -0.122. The van der Waals surface area contributed by atoms with E-state index in [1.165, 1.54) is 31.5 Å². The van der Waals surface area contributed by atoms with Gasteiger partial charge in [-0.3, -0.25) is 9.69 Å². The van der Waals surface area contributed by atoms with E-state index in [9.17, 15) is 4.79 Å². The van der Waals surface area contributed by atoms with E-state index in [-0.39, 0.29) is 5.91 Å². The molecule has 1 amide bonds. The van der Waals surface area contributed by atoms with Crippen molar-refractivity contribution in [2.24, 2.45) is 11.7 Å². The number of amides is 1. The summed E-state index contributed by atoms with van der Waals surface area (Å²) in [6.07, 6.45) is 2.65. The van der Waals surface area contributed by atoms with Crippen molar-refractivity contribution in [2.45, 2.75) is 45.8 Å². The van der Waals surface area contributed by atoms with Gasteiger partial charge in [0.25, 0.3) is 0 Å². The predicted molar refractivity (Wildman–Crippen MR) is 110 cm³/mol. The van der Waals surface area contributed by atoms with Crippen LogP contribution in [0.2, 0.25) is 0 Å². The van der Waals surface area contributed by atoms with Gasteiger partial charge < -0.3 is 11.1 Å². The zero-order valence-corrected chi connectivity index (χ0v) is 16.4. The van der Waals surface area contributed by atoms with Gasteiger partial charge in [0.15, 0.2) is 0 Å². The molecule has 3 N–H and O–H groups in total. The van der Waals surface area contributed by atoms with Crippen molar-refractivity contribution >= 4 is 5.91 Å². The second-order valence-corrected chi connectivity index (χ2v) is 7.91. The Labute approximate surface area is 162 Å². The van der Waals surface area contributed by atoms with Gasteiger partial charge in [-0.05, 0) is 48.9 Å². The fourth-order valence-corrected chi connectivity index (χ4v) is 3.68. The van der Waals surface area contributed by atoms with Crippen molar-refractivity contribution in [3.8, 4) is 0 Å². The Morgan fingerprint density at radius 2 is 1.81 bits per heavy atom. The van der Waals surface area contributed by atoms with Gasteiger partial charge >= 0.3 is 0 Å². The highest BCUT2D eigenvalue weighted by molar-refractivity contribution is 5.82. The number of carbonyl (C=O) groups is 1. The third-order valence-corrected chi connectivity index (χ3v) is 5.36. The third-order valence-electron chi connectivity index (χ3n) is 5.36. The van der Waals surface area contributed by atoms with Crippen LogP contribution < -0.4 is 11.1 Å². The van der Waals surface area contributed by atoms with E-state index in [0.717, 1.165) is 29.2 Å². The van der Waals surface area contributed by atoms with Crippen LogP contribution in [0.25, 0.3) is 0 Å². The molecule has 0 aliphatic carbocycles. The number of rotatable bonds is 6. The number of nitrogens with one attached hydrogen (secondary N) is 1. The number of hydrogen-bond acceptors (Lipinski definition) is 3. The summed E-state index contributed by atoms with van der Waals surface area (Å²) in [5.74, 6) is 0.649. The largest absolute Gasteiger partial charge is 0.350 e. The first kappa shape index (κ1) is 19.6. The maximum Gasteiger partial charge on any atom is 0.241 e. The average Bonchev–Trinajstić information content (AvgIpc) is 2.67. The molecule has 144 valence electrons. The Hall–Kier alpha value is -2.17. The molecule has 0 radical (unpaired) electrons. The second kappa shape index (κ2) is 9.16. The molecule has 2 aromatic rings. The first-order valence-electron chi connectivity index (χ1n) is 9.91. The molecule has 2 unspecified atom stereocenters. The third kappa shape index (κ3) is 5.65. The van der Waals surface area contributed by atoms with Gasteiger partial charge in [0.1, 0.15) is 6.04 Å². The van der Waals surface area contributed by atoms with Gasteiger partial charge in [0.2, 0.25) is 5.91 Å². The minimum Gasteiger partial charge on any atom is -0.350 e. The summed E-state index contributed by atoms with van der Waals surface area (Å²) in [4.78, 5) is 14.9. The number of aryl methyl sites for hydroxylation is 1. The number of benzene rings is 2. The lowest BCUT2D eigenvalue weighted by Crippen LogP contribution is -2.34. The van der Waals surface area contributed by atoms with E-state index in [4.69, 9.17) is 5.73 Å². The molecule has 3 rings (SSSR count). The molecule has 1 saturated heterocycles. The van der Waals surface area contributed by atoms with Crippen LogP contribution >= 0.6 is 0 Å². The van der Waals surface area contributed by atoms with Crippen LogP contribution in [-0.2, 0) is 17.9 Å². The van der Waals surface area contributed by atoms with Crippen molar-refractivity contribution in [1.82, 2.24) is 10.2 Å². The van der Waals surface area contributed by atoms with Crippen molar-refractivity contribution in [3.05, 3.63) is 70.8 Å². The van der Waals surface area contributed by atoms with Gasteiger partial charge in [-0.1, -0.05) is 61.0 Å². The standard InChI is InChI=1S/C23H31N3O/c1-17-5-11-21(12-6-17)22(24)23(27)25-14-19-7-9-20(10-8-19)16-26-13-3-4-18(2)15-26/h5-12,18,22H,3-4,13-16,24H2,1-2H3,(H,25,27). The molecule has 1 aliphatic heterocycles. The maximum absolute atomic E-state index is 12.3. The molecular formula is C23H31N3O. The highest BCUT2D eigenvalue weighted by Gasteiger charge is 2.17. The Morgan fingerprint density at radius 3 is 2.48 bits per heavy atom. The molecule has 2 atom stereocenters. The smallest absolute Gasteiger partial charge is 0.241 e. The van der Waals surface area contributed by atoms with E-state index in [2.05, 4.69) is 41.4 Å². The van der Waals surface area contributed by atoms with Gasteiger partial charge in [-0.25, -0.2) is 0 Å². The van der Waals surface area contributed by atoms with E-state index >= 15 is 0 Å². The van der Waals surface area contributed by atoms with E-state index in [0.29, 0.717) is 6.54 Å². The molecule has 2 aromatic carbocycles. The summed E-state index contributed by atoms with van der Waals surface area (Å²) >= 11 is 0. The number of nitrogens with two attached hydrogens (primary N) is 1. The Kier molecular flexibility index (Phi) is 6.64. The van der Waals surface area contributed by atoms with Crippen molar-refractivity contribution in [3.63, 3.8) is 0 Å². The highest BCUT2D eigenvalue weighted by atomic mass is 16.2. The summed E-state index contributed by atoms with van der Waals surface area (Å²) in [6.45, 7) is 8.24. The molecule has 4 heteroatoms. The monoisotopic (exact) mass is 365 g/mol. The Balaban J connectivity index is 1.49. The van der Waals surface area contributed by atoms with Crippen LogP contribution in [0.1, 0.15) is 48.1 Å². The summed E-state index contributed by atoms with van der Waals surface area (Å²) < 4.78 is 0. The Morgan fingerprint density at radius 1 is 1.15 bits per heavy atom. The van der Waals surface area contributed by atoms with Crippen LogP contribution in [0.4, 0.5) is 0 Å². The summed E-state index contributed by atoms with van der Waals surface area (Å²) in [5, 5.41) is 2.94. The fourth-order valence-electron chi connectivity index (χ4n) is 3.68. The predicted octanol–water partition coefficient (Wildman–Crippen LogP) is 3.54. The van der Waals surface area contributed by atoms with Crippen molar-refractivity contribution < 1.29 is 4.79 Å².